The third-order valence-electron chi connectivity index (χ3n) is 4.31. The van der Waals surface area contributed by atoms with Gasteiger partial charge in [-0.1, -0.05) is 35.9 Å². The minimum absolute atomic E-state index is 0.114. The Labute approximate surface area is 165 Å². The average Bonchev–Trinajstić information content (AvgIpc) is 3.24. The van der Waals surface area contributed by atoms with E-state index in [2.05, 4.69) is 28.4 Å². The summed E-state index contributed by atoms with van der Waals surface area (Å²) < 4.78 is 1.86. The zero-order chi connectivity index (χ0) is 18.8. The summed E-state index contributed by atoms with van der Waals surface area (Å²) in [6.45, 7) is 2.57. The number of carbonyl (C=O) groups is 1. The molecule has 1 amide bonds. The Morgan fingerprint density at radius 1 is 1.19 bits per heavy atom. The van der Waals surface area contributed by atoms with Gasteiger partial charge in [0.1, 0.15) is 0 Å². The van der Waals surface area contributed by atoms with Gasteiger partial charge in [-0.3, -0.25) is 4.79 Å². The SMILES string of the molecule is Cc1ccccc1-c1nc2scc(CCNC(=O)c3ccc(Cl)cc3)n2n1. The molecule has 0 aliphatic heterocycles. The Hall–Kier alpha value is -2.70. The molecule has 2 heterocycles. The van der Waals surface area contributed by atoms with Crippen molar-refractivity contribution in [3.05, 3.63) is 75.8 Å². The number of aryl methyl sites for hydroxylation is 1. The number of amides is 1. The van der Waals surface area contributed by atoms with Gasteiger partial charge in [0.2, 0.25) is 4.96 Å². The van der Waals surface area contributed by atoms with Crippen LogP contribution in [0.2, 0.25) is 5.02 Å². The first-order chi connectivity index (χ1) is 13.1. The highest BCUT2D eigenvalue weighted by Crippen LogP contribution is 2.23. The lowest BCUT2D eigenvalue weighted by atomic mass is 10.1. The predicted octanol–water partition coefficient (Wildman–Crippen LogP) is 4.39. The van der Waals surface area contributed by atoms with Gasteiger partial charge in [0.25, 0.3) is 5.91 Å². The van der Waals surface area contributed by atoms with Crippen LogP contribution in [0.1, 0.15) is 21.6 Å². The maximum atomic E-state index is 12.2. The third-order valence-corrected chi connectivity index (χ3v) is 5.43. The van der Waals surface area contributed by atoms with Crippen molar-refractivity contribution >= 4 is 33.8 Å². The van der Waals surface area contributed by atoms with E-state index in [9.17, 15) is 4.79 Å². The fourth-order valence-corrected chi connectivity index (χ4v) is 3.82. The van der Waals surface area contributed by atoms with E-state index in [0.29, 0.717) is 23.6 Å². The highest BCUT2D eigenvalue weighted by atomic mass is 35.5. The molecule has 0 radical (unpaired) electrons. The first kappa shape index (κ1) is 17.7. The molecule has 4 aromatic rings. The van der Waals surface area contributed by atoms with Crippen LogP contribution in [0, 0.1) is 6.92 Å². The number of aromatic nitrogens is 3. The quantitative estimate of drug-likeness (QED) is 0.544. The van der Waals surface area contributed by atoms with Crippen molar-refractivity contribution in [2.24, 2.45) is 0 Å². The molecule has 2 aromatic carbocycles. The molecule has 7 heteroatoms. The summed E-state index contributed by atoms with van der Waals surface area (Å²) in [4.78, 5) is 17.7. The fourth-order valence-electron chi connectivity index (χ4n) is 2.84. The lowest BCUT2D eigenvalue weighted by molar-refractivity contribution is 0.0954. The van der Waals surface area contributed by atoms with Crippen LogP contribution in [-0.2, 0) is 6.42 Å². The van der Waals surface area contributed by atoms with Gasteiger partial charge >= 0.3 is 0 Å². The minimum Gasteiger partial charge on any atom is -0.352 e. The number of nitrogens with zero attached hydrogens (tertiary/aromatic N) is 3. The summed E-state index contributed by atoms with van der Waals surface area (Å²) in [6, 6.07) is 14.9. The summed E-state index contributed by atoms with van der Waals surface area (Å²) >= 11 is 7.41. The van der Waals surface area contributed by atoms with Crippen molar-refractivity contribution in [3.63, 3.8) is 0 Å². The molecule has 0 aliphatic carbocycles. The van der Waals surface area contributed by atoms with Crippen molar-refractivity contribution in [2.75, 3.05) is 6.54 Å². The second-order valence-corrected chi connectivity index (χ2v) is 7.46. The molecule has 5 nitrogen and oxygen atoms in total. The van der Waals surface area contributed by atoms with Crippen molar-refractivity contribution < 1.29 is 4.79 Å². The number of carbonyl (C=O) groups excluding carboxylic acids is 1. The Morgan fingerprint density at radius 3 is 2.74 bits per heavy atom. The number of halogens is 1. The van der Waals surface area contributed by atoms with Gasteiger partial charge < -0.3 is 5.32 Å². The predicted molar refractivity (Wildman–Crippen MR) is 109 cm³/mol. The first-order valence-corrected chi connectivity index (χ1v) is 9.80. The summed E-state index contributed by atoms with van der Waals surface area (Å²) in [5, 5.41) is 10.2. The van der Waals surface area contributed by atoms with Gasteiger partial charge in [-0.05, 0) is 36.8 Å². The smallest absolute Gasteiger partial charge is 0.251 e. The number of hydrogen-bond acceptors (Lipinski definition) is 4. The van der Waals surface area contributed by atoms with E-state index in [1.165, 1.54) is 0 Å². The van der Waals surface area contributed by atoms with Crippen LogP contribution in [0.25, 0.3) is 16.3 Å². The largest absolute Gasteiger partial charge is 0.352 e. The molecule has 0 bridgehead atoms. The van der Waals surface area contributed by atoms with Gasteiger partial charge in [0, 0.05) is 34.5 Å². The molecular weight excluding hydrogens is 380 g/mol. The third kappa shape index (κ3) is 3.72. The first-order valence-electron chi connectivity index (χ1n) is 8.55. The molecule has 0 saturated heterocycles. The van der Waals surface area contributed by atoms with Crippen LogP contribution >= 0.6 is 22.9 Å². The van der Waals surface area contributed by atoms with Crippen molar-refractivity contribution in [1.29, 1.82) is 0 Å². The number of hydrogen-bond donors (Lipinski definition) is 1. The zero-order valence-electron chi connectivity index (χ0n) is 14.6. The van der Waals surface area contributed by atoms with Gasteiger partial charge in [0.15, 0.2) is 5.82 Å². The maximum absolute atomic E-state index is 12.2. The zero-order valence-corrected chi connectivity index (χ0v) is 16.2. The minimum atomic E-state index is -0.114. The molecule has 0 aliphatic rings. The summed E-state index contributed by atoms with van der Waals surface area (Å²) in [5.74, 6) is 0.615. The van der Waals surface area contributed by atoms with E-state index < -0.39 is 0 Å². The van der Waals surface area contributed by atoms with Crippen molar-refractivity contribution in [1.82, 2.24) is 19.9 Å². The van der Waals surface area contributed by atoms with E-state index in [0.717, 1.165) is 27.6 Å². The molecule has 4 rings (SSSR count). The van der Waals surface area contributed by atoms with E-state index in [1.54, 1.807) is 35.6 Å². The van der Waals surface area contributed by atoms with Crippen molar-refractivity contribution in [3.8, 4) is 11.4 Å². The van der Waals surface area contributed by atoms with Crippen molar-refractivity contribution in [2.45, 2.75) is 13.3 Å². The molecular formula is C20H17ClN4OS. The molecule has 0 fully saturated rings. The number of benzene rings is 2. The van der Waals surface area contributed by atoms with Crippen LogP contribution in [0.4, 0.5) is 0 Å². The van der Waals surface area contributed by atoms with E-state index in [-0.39, 0.29) is 5.91 Å². The lowest BCUT2D eigenvalue weighted by Gasteiger charge is -2.05. The molecule has 0 atom stereocenters. The highest BCUT2D eigenvalue weighted by molar-refractivity contribution is 7.15. The number of nitrogens with one attached hydrogen (secondary N) is 1. The molecule has 0 saturated carbocycles. The topological polar surface area (TPSA) is 59.3 Å². The molecule has 136 valence electrons. The van der Waals surface area contributed by atoms with Gasteiger partial charge in [-0.25, -0.2) is 4.52 Å². The van der Waals surface area contributed by atoms with E-state index >= 15 is 0 Å². The maximum Gasteiger partial charge on any atom is 0.251 e. The fraction of sp³-hybridized carbons (Fsp3) is 0.150. The van der Waals surface area contributed by atoms with Crippen LogP contribution in [0.3, 0.4) is 0 Å². The Kier molecular flexibility index (Phi) is 4.92. The Bertz CT molecular complexity index is 1100. The standard InChI is InChI=1S/C20H17ClN4OS/c1-13-4-2-3-5-17(13)18-23-20-25(24-18)16(12-27-20)10-11-22-19(26)14-6-8-15(21)9-7-14/h2-9,12H,10-11H2,1H3,(H,22,26). The number of thiazole rings is 1. The molecule has 2 aromatic heterocycles. The van der Waals surface area contributed by atoms with E-state index in [4.69, 9.17) is 11.6 Å². The molecule has 0 spiro atoms. The second-order valence-electron chi connectivity index (χ2n) is 6.18. The van der Waals surface area contributed by atoms with Gasteiger partial charge in [0.05, 0.1) is 5.69 Å². The van der Waals surface area contributed by atoms with Crippen LogP contribution in [-0.4, -0.2) is 27.0 Å². The molecule has 0 unspecified atom stereocenters. The normalized spacial score (nSPS) is 11.0. The number of fused-ring (bicyclic) bond motifs is 1. The summed E-state index contributed by atoms with van der Waals surface area (Å²) in [5.41, 5.74) is 3.80. The van der Waals surface area contributed by atoms with Crippen LogP contribution in [0.5, 0.6) is 0 Å². The van der Waals surface area contributed by atoms with Crippen LogP contribution < -0.4 is 5.32 Å². The summed E-state index contributed by atoms with van der Waals surface area (Å²) in [6.07, 6.45) is 0.676. The van der Waals surface area contributed by atoms with E-state index in [1.807, 2.05) is 28.1 Å². The highest BCUT2D eigenvalue weighted by Gasteiger charge is 2.13. The molecule has 1 N–H and O–H groups in total. The van der Waals surface area contributed by atoms with Gasteiger partial charge in [-0.2, -0.15) is 4.98 Å². The van der Waals surface area contributed by atoms with Gasteiger partial charge in [-0.15, -0.1) is 16.4 Å². The second kappa shape index (κ2) is 7.50. The Balaban J connectivity index is 1.46. The Morgan fingerprint density at radius 2 is 1.96 bits per heavy atom. The monoisotopic (exact) mass is 396 g/mol. The average molecular weight is 397 g/mol. The van der Waals surface area contributed by atoms with Crippen LogP contribution in [0.15, 0.2) is 53.9 Å². The number of rotatable bonds is 5. The lowest BCUT2D eigenvalue weighted by Crippen LogP contribution is -2.25. The summed E-state index contributed by atoms with van der Waals surface area (Å²) in [7, 11) is 0. The molecule has 27 heavy (non-hydrogen) atoms.